The minimum Gasteiger partial charge on any atom is -0.282 e. The number of carbonyl (C=O) groups excluding carboxylic acids is 2. The molecule has 1 aromatic heterocycles. The Morgan fingerprint density at radius 3 is 2.47 bits per heavy atom. The summed E-state index contributed by atoms with van der Waals surface area (Å²) in [6.45, 7) is 0.142. The molecular weight excluding hydrogens is 436 g/mol. The first kappa shape index (κ1) is 20.5. The second-order valence-electron chi connectivity index (χ2n) is 6.58. The van der Waals surface area contributed by atoms with Gasteiger partial charge < -0.3 is 0 Å². The molecule has 3 aromatic rings. The molecule has 0 unspecified atom stereocenters. The molecule has 0 N–H and O–H groups in total. The van der Waals surface area contributed by atoms with E-state index in [0.29, 0.717) is 16.6 Å². The third kappa shape index (κ3) is 3.82. The highest BCUT2D eigenvalue weighted by molar-refractivity contribution is 7.99. The largest absolute Gasteiger partial charge is 0.282 e. The van der Waals surface area contributed by atoms with E-state index >= 15 is 0 Å². The summed E-state index contributed by atoms with van der Waals surface area (Å²) >= 11 is 7.08. The van der Waals surface area contributed by atoms with Gasteiger partial charge in [-0.25, -0.2) is 13.8 Å². The number of hydrogen-bond acceptors (Lipinski definition) is 5. The Balaban J connectivity index is 1.77. The van der Waals surface area contributed by atoms with Gasteiger partial charge in [-0.05, 0) is 30.3 Å². The van der Waals surface area contributed by atoms with Crippen molar-refractivity contribution in [1.82, 2.24) is 14.5 Å². The molecule has 1 aliphatic heterocycles. The van der Waals surface area contributed by atoms with Crippen molar-refractivity contribution in [3.8, 4) is 5.69 Å². The van der Waals surface area contributed by atoms with Crippen molar-refractivity contribution in [2.24, 2.45) is 0 Å². The Morgan fingerprint density at radius 1 is 1.03 bits per heavy atom. The van der Waals surface area contributed by atoms with Crippen LogP contribution in [0.25, 0.3) is 16.6 Å². The summed E-state index contributed by atoms with van der Waals surface area (Å²) < 4.78 is 28.9. The van der Waals surface area contributed by atoms with Crippen molar-refractivity contribution in [3.63, 3.8) is 0 Å². The van der Waals surface area contributed by atoms with Crippen molar-refractivity contribution < 1.29 is 18.4 Å². The molecule has 1 saturated heterocycles. The quantitative estimate of drug-likeness (QED) is 0.338. The normalized spacial score (nSPS) is 14.2. The number of likely N-dealkylation sites (tertiary alicyclic amines) is 1. The van der Waals surface area contributed by atoms with Crippen LogP contribution < -0.4 is 5.56 Å². The summed E-state index contributed by atoms with van der Waals surface area (Å²) in [5.41, 5.74) is -0.366. The van der Waals surface area contributed by atoms with Gasteiger partial charge in [0.2, 0.25) is 11.8 Å². The van der Waals surface area contributed by atoms with Crippen LogP contribution in [0.2, 0.25) is 5.02 Å². The molecule has 154 valence electrons. The zero-order valence-electron chi connectivity index (χ0n) is 15.4. The number of aromatic nitrogens is 2. The molecule has 2 heterocycles. The molecule has 1 fully saturated rings. The molecule has 0 atom stereocenters. The molecule has 2 amide bonds. The molecule has 0 bridgehead atoms. The number of benzene rings is 2. The van der Waals surface area contributed by atoms with Crippen molar-refractivity contribution in [3.05, 3.63) is 63.4 Å². The first-order chi connectivity index (χ1) is 14.3. The van der Waals surface area contributed by atoms with Crippen LogP contribution in [-0.4, -0.2) is 38.6 Å². The number of halogens is 3. The summed E-state index contributed by atoms with van der Waals surface area (Å²) in [6.07, 6.45) is 0.369. The number of thioether (sulfide) groups is 1. The molecule has 0 radical (unpaired) electrons. The van der Waals surface area contributed by atoms with Crippen LogP contribution in [0.4, 0.5) is 8.78 Å². The zero-order chi connectivity index (χ0) is 21.4. The molecule has 0 saturated carbocycles. The fourth-order valence-corrected chi connectivity index (χ4v) is 4.31. The van der Waals surface area contributed by atoms with Gasteiger partial charge in [0, 0.05) is 36.2 Å². The van der Waals surface area contributed by atoms with Crippen molar-refractivity contribution in [2.45, 2.75) is 18.0 Å². The van der Waals surface area contributed by atoms with Crippen molar-refractivity contribution in [2.75, 3.05) is 12.3 Å². The highest BCUT2D eigenvalue weighted by atomic mass is 35.5. The average Bonchev–Trinajstić information content (AvgIpc) is 3.02. The maximum Gasteiger partial charge on any atom is 0.266 e. The van der Waals surface area contributed by atoms with Gasteiger partial charge in [0.1, 0.15) is 11.6 Å². The number of imide groups is 1. The van der Waals surface area contributed by atoms with Gasteiger partial charge in [-0.1, -0.05) is 23.4 Å². The van der Waals surface area contributed by atoms with E-state index in [2.05, 4.69) is 4.98 Å². The van der Waals surface area contributed by atoms with Gasteiger partial charge in [-0.2, -0.15) is 0 Å². The van der Waals surface area contributed by atoms with Crippen LogP contribution in [0, 0.1) is 11.6 Å². The number of hydrogen-bond donors (Lipinski definition) is 0. The Hall–Kier alpha value is -2.78. The number of amides is 2. The fourth-order valence-electron chi connectivity index (χ4n) is 3.21. The molecule has 6 nitrogen and oxygen atoms in total. The second kappa shape index (κ2) is 8.16. The van der Waals surface area contributed by atoms with E-state index in [0.717, 1.165) is 33.4 Å². The minimum atomic E-state index is -0.924. The SMILES string of the molecule is O=C1CCC(=O)N1CCSc1nc2ccc(Cl)cc2c(=O)n1-c1ccc(F)cc1F. The fraction of sp³-hybridized carbons (Fsp3) is 0.200. The number of fused-ring (bicyclic) bond motifs is 1. The van der Waals surface area contributed by atoms with Gasteiger partial charge >= 0.3 is 0 Å². The Kier molecular flexibility index (Phi) is 5.57. The molecule has 4 rings (SSSR count). The van der Waals surface area contributed by atoms with E-state index in [1.807, 2.05) is 0 Å². The van der Waals surface area contributed by atoms with Crippen LogP contribution in [0.3, 0.4) is 0 Å². The average molecular weight is 450 g/mol. The summed E-state index contributed by atoms with van der Waals surface area (Å²) in [6, 6.07) is 7.46. The van der Waals surface area contributed by atoms with E-state index in [1.54, 1.807) is 12.1 Å². The lowest BCUT2D eigenvalue weighted by molar-refractivity contribution is -0.137. The monoisotopic (exact) mass is 449 g/mol. The van der Waals surface area contributed by atoms with Gasteiger partial charge in [-0.3, -0.25) is 23.9 Å². The highest BCUT2D eigenvalue weighted by Crippen LogP contribution is 2.25. The Morgan fingerprint density at radius 2 is 1.77 bits per heavy atom. The third-order valence-corrected chi connectivity index (χ3v) is 5.80. The summed E-state index contributed by atoms with van der Waals surface area (Å²) in [7, 11) is 0. The summed E-state index contributed by atoms with van der Waals surface area (Å²) in [5, 5.41) is 0.652. The number of rotatable bonds is 5. The third-order valence-electron chi connectivity index (χ3n) is 4.65. The van der Waals surface area contributed by atoms with E-state index in [-0.39, 0.29) is 53.2 Å². The smallest absolute Gasteiger partial charge is 0.266 e. The van der Waals surface area contributed by atoms with Crippen LogP contribution in [-0.2, 0) is 9.59 Å². The molecule has 0 spiro atoms. The van der Waals surface area contributed by atoms with Gasteiger partial charge in [0.15, 0.2) is 5.16 Å². The summed E-state index contributed by atoms with van der Waals surface area (Å²) in [5.74, 6) is -1.94. The molecule has 30 heavy (non-hydrogen) atoms. The lowest BCUT2D eigenvalue weighted by Crippen LogP contribution is -2.31. The number of nitrogens with zero attached hydrogens (tertiary/aromatic N) is 3. The van der Waals surface area contributed by atoms with Crippen LogP contribution in [0.15, 0.2) is 46.3 Å². The highest BCUT2D eigenvalue weighted by Gasteiger charge is 2.28. The molecular formula is C20H14ClF2N3O3S. The standard InChI is InChI=1S/C20H14ClF2N3O3S/c21-11-1-3-15-13(9-11)19(29)26(16-4-2-12(22)10-14(16)23)20(24-15)30-8-7-25-17(27)5-6-18(25)28/h1-4,9-10H,5-8H2. The zero-order valence-corrected chi connectivity index (χ0v) is 17.0. The van der Waals surface area contributed by atoms with Crippen LogP contribution >= 0.6 is 23.4 Å². The van der Waals surface area contributed by atoms with E-state index in [4.69, 9.17) is 11.6 Å². The summed E-state index contributed by atoms with van der Waals surface area (Å²) in [4.78, 5) is 42.3. The van der Waals surface area contributed by atoms with Crippen molar-refractivity contribution in [1.29, 1.82) is 0 Å². The van der Waals surface area contributed by atoms with Gasteiger partial charge in [0.05, 0.1) is 16.6 Å². The lowest BCUT2D eigenvalue weighted by atomic mass is 10.2. The predicted octanol–water partition coefficient (Wildman–Crippen LogP) is 3.56. The Labute approximate surface area is 178 Å². The van der Waals surface area contributed by atoms with Crippen molar-refractivity contribution >= 4 is 46.1 Å². The number of carbonyl (C=O) groups is 2. The maximum atomic E-state index is 14.5. The Bertz CT molecular complexity index is 1230. The topological polar surface area (TPSA) is 72.3 Å². The van der Waals surface area contributed by atoms with Gasteiger partial charge in [0.25, 0.3) is 5.56 Å². The van der Waals surface area contributed by atoms with E-state index < -0.39 is 17.2 Å². The lowest BCUT2D eigenvalue weighted by Gasteiger charge is -2.16. The first-order valence-electron chi connectivity index (χ1n) is 8.99. The predicted molar refractivity (Wildman–Crippen MR) is 109 cm³/mol. The van der Waals surface area contributed by atoms with Gasteiger partial charge in [-0.15, -0.1) is 0 Å². The molecule has 10 heteroatoms. The second-order valence-corrected chi connectivity index (χ2v) is 8.08. The molecule has 0 aliphatic carbocycles. The maximum absolute atomic E-state index is 14.5. The minimum absolute atomic E-state index is 0.142. The van der Waals surface area contributed by atoms with Crippen LogP contribution in [0.5, 0.6) is 0 Å². The molecule has 2 aromatic carbocycles. The molecule has 1 aliphatic rings. The van der Waals surface area contributed by atoms with E-state index in [9.17, 15) is 23.2 Å². The van der Waals surface area contributed by atoms with Crippen LogP contribution in [0.1, 0.15) is 12.8 Å². The van der Waals surface area contributed by atoms with E-state index in [1.165, 1.54) is 6.07 Å². The first-order valence-corrected chi connectivity index (χ1v) is 10.4.